The maximum atomic E-state index is 12.4. The second kappa shape index (κ2) is 5.58. The Labute approximate surface area is 130 Å². The van der Waals surface area contributed by atoms with E-state index >= 15 is 0 Å². The molecular weight excluding hydrogens is 307 g/mol. The van der Waals surface area contributed by atoms with Crippen LogP contribution in [0.5, 0.6) is 5.75 Å². The molecule has 0 bridgehead atoms. The van der Waals surface area contributed by atoms with Gasteiger partial charge in [0, 0.05) is 23.7 Å². The number of ether oxygens (including phenoxy) is 1. The van der Waals surface area contributed by atoms with Gasteiger partial charge in [0.05, 0.1) is 11.2 Å². The number of nitrogens with two attached hydrogens (primary N) is 1. The normalized spacial score (nSPS) is 11.9. The molecule has 0 unspecified atom stereocenters. The molecule has 1 aromatic carbocycles. The lowest BCUT2D eigenvalue weighted by Gasteiger charge is -2.11. The van der Waals surface area contributed by atoms with Crippen molar-refractivity contribution in [3.8, 4) is 11.6 Å². The van der Waals surface area contributed by atoms with Crippen molar-refractivity contribution in [1.82, 2.24) is 9.55 Å². The van der Waals surface area contributed by atoms with Crippen molar-refractivity contribution < 1.29 is 17.9 Å². The van der Waals surface area contributed by atoms with Crippen LogP contribution in [0.3, 0.4) is 0 Å². The van der Waals surface area contributed by atoms with E-state index in [9.17, 15) is 13.2 Å². The second-order valence-electron chi connectivity index (χ2n) is 5.08. The Hall–Kier alpha value is -2.54. The predicted octanol–water partition coefficient (Wildman–Crippen LogP) is 3.69. The lowest BCUT2D eigenvalue weighted by atomic mass is 10.2. The molecule has 120 valence electrons. The van der Waals surface area contributed by atoms with E-state index in [1.54, 1.807) is 22.8 Å². The van der Waals surface area contributed by atoms with Gasteiger partial charge in [0.15, 0.2) is 0 Å². The number of pyridine rings is 1. The number of halogens is 3. The molecule has 0 saturated heterocycles. The van der Waals surface area contributed by atoms with Crippen LogP contribution in [-0.4, -0.2) is 15.9 Å². The lowest BCUT2D eigenvalue weighted by Crippen LogP contribution is -2.17. The highest BCUT2D eigenvalue weighted by Gasteiger charge is 2.31. The number of rotatable bonds is 3. The Morgan fingerprint density at radius 3 is 2.65 bits per heavy atom. The third-order valence-corrected chi connectivity index (χ3v) is 3.42. The summed E-state index contributed by atoms with van der Waals surface area (Å²) in [5.74, 6) is 0.337. The second-order valence-corrected chi connectivity index (χ2v) is 5.08. The molecule has 0 aliphatic heterocycles. The molecule has 7 heteroatoms. The number of benzene rings is 1. The van der Waals surface area contributed by atoms with Crippen molar-refractivity contribution in [2.45, 2.75) is 19.8 Å². The molecule has 0 saturated carbocycles. The van der Waals surface area contributed by atoms with Gasteiger partial charge in [0.25, 0.3) is 0 Å². The topological polar surface area (TPSA) is 53.1 Å². The Morgan fingerprint density at radius 2 is 1.96 bits per heavy atom. The highest BCUT2D eigenvalue weighted by Crippen LogP contribution is 2.30. The third kappa shape index (κ3) is 3.14. The molecule has 3 rings (SSSR count). The maximum absolute atomic E-state index is 12.4. The minimum absolute atomic E-state index is 0.265. The largest absolute Gasteiger partial charge is 0.573 e. The number of fused-ring (bicyclic) bond motifs is 1. The molecule has 2 N–H and O–H groups in total. The van der Waals surface area contributed by atoms with Gasteiger partial charge in [-0.3, -0.25) is 4.57 Å². The first-order valence-corrected chi connectivity index (χ1v) is 6.91. The Bertz CT molecular complexity index is 855. The van der Waals surface area contributed by atoms with E-state index in [0.717, 1.165) is 11.1 Å². The van der Waals surface area contributed by atoms with Crippen LogP contribution in [0, 0.1) is 6.92 Å². The van der Waals surface area contributed by atoms with Crippen LogP contribution in [0.2, 0.25) is 0 Å². The molecule has 0 fully saturated rings. The van der Waals surface area contributed by atoms with Crippen molar-refractivity contribution in [3.63, 3.8) is 0 Å². The summed E-state index contributed by atoms with van der Waals surface area (Å²) in [6.07, 6.45) is -4.72. The average Bonchev–Trinajstić information content (AvgIpc) is 2.81. The molecule has 0 aliphatic carbocycles. The van der Waals surface area contributed by atoms with Gasteiger partial charge in [0.1, 0.15) is 11.6 Å². The Morgan fingerprint density at radius 1 is 1.17 bits per heavy atom. The average molecular weight is 321 g/mol. The first-order chi connectivity index (χ1) is 10.9. The molecule has 2 aromatic heterocycles. The summed E-state index contributed by atoms with van der Waals surface area (Å²) < 4.78 is 43.0. The zero-order chi connectivity index (χ0) is 16.6. The molecule has 0 aliphatic rings. The highest BCUT2D eigenvalue weighted by molar-refractivity contribution is 5.84. The standard InChI is InChI=1S/C16H14F3N3O/c1-10-7-11-5-6-13(23-16(17,18)19)8-14(11)22(10)15-4-2-3-12(9-20)21-15/h2-8H,9,20H2,1H3. The van der Waals surface area contributed by atoms with Crippen molar-refractivity contribution in [3.05, 3.63) is 53.9 Å². The monoisotopic (exact) mass is 321 g/mol. The first kappa shape index (κ1) is 15.4. The molecular formula is C16H14F3N3O. The van der Waals surface area contributed by atoms with Crippen molar-refractivity contribution in [2.24, 2.45) is 5.73 Å². The molecule has 3 aromatic rings. The third-order valence-electron chi connectivity index (χ3n) is 3.42. The smallest absolute Gasteiger partial charge is 0.406 e. The fourth-order valence-electron chi connectivity index (χ4n) is 2.53. The number of aryl methyl sites for hydroxylation is 1. The fraction of sp³-hybridized carbons (Fsp3) is 0.188. The summed E-state index contributed by atoms with van der Waals surface area (Å²) >= 11 is 0. The minimum Gasteiger partial charge on any atom is -0.406 e. The molecule has 0 spiro atoms. The van der Waals surface area contributed by atoms with E-state index in [-0.39, 0.29) is 12.3 Å². The quantitative estimate of drug-likeness (QED) is 0.800. The van der Waals surface area contributed by atoms with Gasteiger partial charge in [-0.1, -0.05) is 6.07 Å². The highest BCUT2D eigenvalue weighted by atomic mass is 19.4. The molecule has 0 amide bonds. The van der Waals surface area contributed by atoms with Crippen molar-refractivity contribution >= 4 is 10.9 Å². The van der Waals surface area contributed by atoms with Gasteiger partial charge in [-0.15, -0.1) is 13.2 Å². The Balaban J connectivity index is 2.15. The van der Waals surface area contributed by atoms with Gasteiger partial charge in [-0.05, 0) is 37.3 Å². The minimum atomic E-state index is -4.72. The van der Waals surface area contributed by atoms with E-state index in [1.807, 2.05) is 19.1 Å². The SMILES string of the molecule is Cc1cc2ccc(OC(F)(F)F)cc2n1-c1cccc(CN)n1. The molecule has 4 nitrogen and oxygen atoms in total. The summed E-state index contributed by atoms with van der Waals surface area (Å²) in [6.45, 7) is 2.15. The van der Waals surface area contributed by atoms with E-state index in [0.29, 0.717) is 17.0 Å². The molecule has 2 heterocycles. The summed E-state index contributed by atoms with van der Waals surface area (Å²) in [4.78, 5) is 4.42. The summed E-state index contributed by atoms with van der Waals surface area (Å²) in [5.41, 5.74) is 7.74. The van der Waals surface area contributed by atoms with Crippen LogP contribution >= 0.6 is 0 Å². The van der Waals surface area contributed by atoms with Crippen LogP contribution in [0.15, 0.2) is 42.5 Å². The van der Waals surface area contributed by atoms with Gasteiger partial charge < -0.3 is 10.5 Å². The van der Waals surface area contributed by atoms with Crippen LogP contribution in [0.25, 0.3) is 16.7 Å². The number of hydrogen-bond acceptors (Lipinski definition) is 3. The summed E-state index contributed by atoms with van der Waals surface area (Å²) in [5, 5.41) is 0.803. The molecule has 0 atom stereocenters. The number of nitrogens with zero attached hydrogens (tertiary/aromatic N) is 2. The van der Waals surface area contributed by atoms with E-state index in [1.165, 1.54) is 12.1 Å². The van der Waals surface area contributed by atoms with Gasteiger partial charge in [-0.25, -0.2) is 4.98 Å². The number of aromatic nitrogens is 2. The first-order valence-electron chi connectivity index (χ1n) is 6.91. The van der Waals surface area contributed by atoms with E-state index in [2.05, 4.69) is 9.72 Å². The maximum Gasteiger partial charge on any atom is 0.573 e. The van der Waals surface area contributed by atoms with Crippen LogP contribution in [0.4, 0.5) is 13.2 Å². The zero-order valence-corrected chi connectivity index (χ0v) is 12.3. The molecule has 23 heavy (non-hydrogen) atoms. The van der Waals surface area contributed by atoms with Crippen molar-refractivity contribution in [1.29, 1.82) is 0 Å². The lowest BCUT2D eigenvalue weighted by molar-refractivity contribution is -0.274. The van der Waals surface area contributed by atoms with Crippen LogP contribution < -0.4 is 10.5 Å². The van der Waals surface area contributed by atoms with Gasteiger partial charge in [-0.2, -0.15) is 0 Å². The summed E-state index contributed by atoms with van der Waals surface area (Å²) in [7, 11) is 0. The van der Waals surface area contributed by atoms with Gasteiger partial charge in [0.2, 0.25) is 0 Å². The van der Waals surface area contributed by atoms with Crippen LogP contribution in [-0.2, 0) is 6.54 Å². The zero-order valence-electron chi connectivity index (χ0n) is 12.3. The van der Waals surface area contributed by atoms with E-state index < -0.39 is 6.36 Å². The number of alkyl halides is 3. The van der Waals surface area contributed by atoms with Crippen molar-refractivity contribution in [2.75, 3.05) is 0 Å². The fourth-order valence-corrected chi connectivity index (χ4v) is 2.53. The van der Waals surface area contributed by atoms with Crippen LogP contribution in [0.1, 0.15) is 11.4 Å². The summed E-state index contributed by atoms with van der Waals surface area (Å²) in [6, 6.07) is 11.5. The van der Waals surface area contributed by atoms with Gasteiger partial charge >= 0.3 is 6.36 Å². The molecule has 0 radical (unpaired) electrons. The Kier molecular flexibility index (Phi) is 3.73. The number of hydrogen-bond donors (Lipinski definition) is 1. The van der Waals surface area contributed by atoms with E-state index in [4.69, 9.17) is 5.73 Å². The predicted molar refractivity (Wildman–Crippen MR) is 80.4 cm³/mol.